The Morgan fingerprint density at radius 3 is 1.90 bits per heavy atom. The molecule has 1 aromatic carbocycles. The van der Waals surface area contributed by atoms with Gasteiger partial charge in [-0.15, -0.1) is 0 Å². The number of anilines is 2. The van der Waals surface area contributed by atoms with Crippen molar-refractivity contribution in [1.29, 1.82) is 0 Å². The smallest absolute Gasteiger partial charge is 0.0600 e. The van der Waals surface area contributed by atoms with Gasteiger partial charge in [0.25, 0.3) is 0 Å². The molecule has 4 aliphatic carbocycles. The molecule has 4 aliphatic rings. The van der Waals surface area contributed by atoms with E-state index in [1.807, 2.05) is 53.7 Å². The van der Waals surface area contributed by atoms with E-state index >= 15 is 0 Å². The second kappa shape index (κ2) is 20.6. The molecule has 3 nitrogen and oxygen atoms in total. The van der Waals surface area contributed by atoms with Gasteiger partial charge in [-0.05, 0) is 134 Å². The van der Waals surface area contributed by atoms with Gasteiger partial charge in [-0.1, -0.05) is 129 Å². The summed E-state index contributed by atoms with van der Waals surface area (Å²) in [7, 11) is 0. The van der Waals surface area contributed by atoms with Crippen molar-refractivity contribution >= 4 is 11.4 Å². The molecule has 0 radical (unpaired) electrons. The fraction of sp³-hybridized carbons (Fsp3) is 0.867. The standard InChI is InChI=1S/C34H56N2O.C5H12.3C2H6/c1-22(2)8-6-7-9-24-11-14-27-26-13-15-30-33(4,28(26)16-18-32(24,27)3)19-17-31(37)34(30,5)21-23-10-12-25(35)20-29(23)36;1-4-5(2)3;3*1-2/h10,12,20,22,24,26-28,30-31,37H,6-9,11,13-19,21,35-36H2,1-5H3;5H,4H2,1-3H3;3*1-2H3. The number of rotatable bonds is 8. The summed E-state index contributed by atoms with van der Waals surface area (Å²) in [5.41, 5.74) is 15.9. The van der Waals surface area contributed by atoms with E-state index in [1.165, 1.54) is 77.0 Å². The van der Waals surface area contributed by atoms with Gasteiger partial charge in [0, 0.05) is 16.8 Å². The highest BCUT2D eigenvalue weighted by atomic mass is 16.3. The predicted octanol–water partition coefficient (Wildman–Crippen LogP) is 13.4. The molecule has 1 aromatic rings. The Kier molecular flexibility index (Phi) is 19.2. The normalized spacial score (nSPS) is 34.8. The fourth-order valence-corrected chi connectivity index (χ4v) is 10.9. The minimum absolute atomic E-state index is 0.127. The lowest BCUT2D eigenvalue weighted by molar-refractivity contribution is -0.183. The van der Waals surface area contributed by atoms with Gasteiger partial charge in [0.2, 0.25) is 0 Å². The Hall–Kier alpha value is -1.22. The third-order valence-corrected chi connectivity index (χ3v) is 13.7. The zero-order valence-corrected chi connectivity index (χ0v) is 34.9. The van der Waals surface area contributed by atoms with Crippen molar-refractivity contribution in [3.8, 4) is 0 Å². The van der Waals surface area contributed by atoms with Gasteiger partial charge in [-0.25, -0.2) is 0 Å². The van der Waals surface area contributed by atoms with Crippen LogP contribution in [0.15, 0.2) is 18.2 Å². The van der Waals surface area contributed by atoms with E-state index in [2.05, 4.69) is 61.5 Å². The van der Waals surface area contributed by atoms with Gasteiger partial charge >= 0.3 is 0 Å². The van der Waals surface area contributed by atoms with Crippen molar-refractivity contribution in [1.82, 2.24) is 0 Å². The SMILES string of the molecule is CC.CC.CC.CC(C)CCCCC1CCC2C3CCC4C(C)(Cc5ccc(N)cc5N)C(O)CCC4(C)C3CCC12C.CCC(C)C. The first kappa shape index (κ1) is 44.8. The molecule has 0 aromatic heterocycles. The Morgan fingerprint density at radius 2 is 1.33 bits per heavy atom. The molecule has 9 atom stereocenters. The number of nitrogens with two attached hydrogens (primary N) is 2. The van der Waals surface area contributed by atoms with Gasteiger partial charge < -0.3 is 16.6 Å². The molecule has 0 saturated heterocycles. The minimum atomic E-state index is -0.255. The van der Waals surface area contributed by atoms with Gasteiger partial charge in [-0.2, -0.15) is 0 Å². The highest BCUT2D eigenvalue weighted by Crippen LogP contribution is 2.70. The van der Waals surface area contributed by atoms with Crippen LogP contribution in [0.3, 0.4) is 0 Å². The molecule has 4 fully saturated rings. The van der Waals surface area contributed by atoms with Crippen LogP contribution in [0.4, 0.5) is 11.4 Å². The first-order chi connectivity index (χ1) is 22.8. The predicted molar refractivity (Wildman–Crippen MR) is 216 cm³/mol. The molecule has 0 aliphatic heterocycles. The zero-order valence-electron chi connectivity index (χ0n) is 34.9. The first-order valence-electron chi connectivity index (χ1n) is 21.1. The number of aliphatic hydroxyl groups is 1. The maximum atomic E-state index is 11.5. The molecule has 0 bridgehead atoms. The van der Waals surface area contributed by atoms with Crippen LogP contribution in [-0.2, 0) is 6.42 Å². The monoisotopic (exact) mass is 671 g/mol. The van der Waals surface area contributed by atoms with Crippen molar-refractivity contribution in [3.05, 3.63) is 23.8 Å². The van der Waals surface area contributed by atoms with E-state index in [0.29, 0.717) is 16.7 Å². The maximum absolute atomic E-state index is 11.5. The summed E-state index contributed by atoms with van der Waals surface area (Å²) < 4.78 is 0. The van der Waals surface area contributed by atoms with Crippen LogP contribution in [0.5, 0.6) is 0 Å². The second-order valence-corrected chi connectivity index (χ2v) is 17.0. The number of nitrogen functional groups attached to an aromatic ring is 2. The topological polar surface area (TPSA) is 72.3 Å². The molecule has 4 saturated carbocycles. The maximum Gasteiger partial charge on any atom is 0.0600 e. The van der Waals surface area contributed by atoms with Crippen molar-refractivity contribution in [3.63, 3.8) is 0 Å². The van der Waals surface area contributed by atoms with Crippen LogP contribution in [0.25, 0.3) is 0 Å². The third-order valence-electron chi connectivity index (χ3n) is 13.7. The molecule has 0 spiro atoms. The highest BCUT2D eigenvalue weighted by molar-refractivity contribution is 5.57. The molecule has 5 rings (SSSR count). The average Bonchev–Trinajstić information content (AvgIpc) is 3.42. The molecule has 9 unspecified atom stereocenters. The summed E-state index contributed by atoms with van der Waals surface area (Å²) in [5.74, 6) is 5.86. The summed E-state index contributed by atoms with van der Waals surface area (Å²) in [6, 6.07) is 5.97. The lowest BCUT2D eigenvalue weighted by Gasteiger charge is -2.65. The number of hydrogen-bond acceptors (Lipinski definition) is 3. The minimum Gasteiger partial charge on any atom is -0.399 e. The molecular weight excluding hydrogens is 585 g/mol. The van der Waals surface area contributed by atoms with Crippen LogP contribution in [-0.4, -0.2) is 11.2 Å². The van der Waals surface area contributed by atoms with Crippen LogP contribution >= 0.6 is 0 Å². The van der Waals surface area contributed by atoms with Gasteiger partial charge in [0.05, 0.1) is 6.10 Å². The largest absolute Gasteiger partial charge is 0.399 e. The quantitative estimate of drug-likeness (QED) is 0.190. The molecular formula is C45H86N2O. The molecule has 3 heteroatoms. The number of benzene rings is 1. The summed E-state index contributed by atoms with van der Waals surface area (Å²) >= 11 is 0. The first-order valence-corrected chi connectivity index (χ1v) is 21.1. The summed E-state index contributed by atoms with van der Waals surface area (Å²) in [5, 5.41) is 11.5. The van der Waals surface area contributed by atoms with Crippen LogP contribution in [0.1, 0.15) is 186 Å². The molecule has 282 valence electrons. The Bertz CT molecular complexity index is 1020. The fourth-order valence-electron chi connectivity index (χ4n) is 10.9. The Morgan fingerprint density at radius 1 is 0.750 bits per heavy atom. The lowest BCUT2D eigenvalue weighted by atomic mass is 9.40. The third kappa shape index (κ3) is 10.2. The second-order valence-electron chi connectivity index (χ2n) is 17.0. The van der Waals surface area contributed by atoms with Crippen molar-refractivity contribution in [2.24, 2.45) is 57.7 Å². The average molecular weight is 671 g/mol. The molecule has 5 N–H and O–H groups in total. The van der Waals surface area contributed by atoms with E-state index in [-0.39, 0.29) is 11.5 Å². The Balaban J connectivity index is 0.000000933. The van der Waals surface area contributed by atoms with Crippen LogP contribution in [0.2, 0.25) is 0 Å². The summed E-state index contributed by atoms with van der Waals surface area (Å²) in [6.45, 7) is 31.1. The summed E-state index contributed by atoms with van der Waals surface area (Å²) in [6.07, 6.45) is 18.1. The number of fused-ring (bicyclic) bond motifs is 5. The van der Waals surface area contributed by atoms with E-state index in [9.17, 15) is 5.11 Å². The zero-order chi connectivity index (χ0) is 36.9. The number of unbranched alkanes of at least 4 members (excludes halogenated alkanes) is 1. The molecule has 0 amide bonds. The van der Waals surface area contributed by atoms with Crippen molar-refractivity contribution in [2.45, 2.75) is 193 Å². The van der Waals surface area contributed by atoms with Crippen molar-refractivity contribution in [2.75, 3.05) is 11.5 Å². The number of aliphatic hydroxyl groups excluding tert-OH is 1. The lowest BCUT2D eigenvalue weighted by Crippen LogP contribution is -2.60. The van der Waals surface area contributed by atoms with E-state index < -0.39 is 0 Å². The van der Waals surface area contributed by atoms with E-state index in [0.717, 1.165) is 65.3 Å². The Labute approximate surface area is 301 Å². The van der Waals surface area contributed by atoms with Gasteiger partial charge in [-0.3, -0.25) is 0 Å². The van der Waals surface area contributed by atoms with Crippen LogP contribution < -0.4 is 11.5 Å². The highest BCUT2D eigenvalue weighted by Gasteiger charge is 2.63. The van der Waals surface area contributed by atoms with E-state index in [1.54, 1.807) is 0 Å². The van der Waals surface area contributed by atoms with E-state index in [4.69, 9.17) is 11.5 Å². The summed E-state index contributed by atoms with van der Waals surface area (Å²) in [4.78, 5) is 0. The molecule has 0 heterocycles. The van der Waals surface area contributed by atoms with Gasteiger partial charge in [0.15, 0.2) is 0 Å². The van der Waals surface area contributed by atoms with Gasteiger partial charge in [0.1, 0.15) is 0 Å². The molecule has 48 heavy (non-hydrogen) atoms. The van der Waals surface area contributed by atoms with Crippen LogP contribution in [0, 0.1) is 57.7 Å². The number of hydrogen-bond donors (Lipinski definition) is 3. The van der Waals surface area contributed by atoms with Crippen molar-refractivity contribution < 1.29 is 5.11 Å².